The number of anilines is 1. The minimum Gasteiger partial charge on any atom is -0.379 e. The average molecular weight is 409 g/mol. The second-order valence-electron chi connectivity index (χ2n) is 8.57. The van der Waals surface area contributed by atoms with Crippen LogP contribution in [0.4, 0.5) is 5.82 Å². The Morgan fingerprint density at radius 3 is 2.53 bits per heavy atom. The van der Waals surface area contributed by atoms with Crippen LogP contribution in [0.15, 0.2) is 48.7 Å². The van der Waals surface area contributed by atoms with Crippen molar-refractivity contribution in [2.45, 2.75) is 31.8 Å². The highest BCUT2D eigenvalue weighted by atomic mass is 16.3. The Hall–Kier alpha value is -2.44. The highest BCUT2D eigenvalue weighted by Gasteiger charge is 2.43. The Labute approximate surface area is 179 Å². The van der Waals surface area contributed by atoms with Crippen molar-refractivity contribution >= 4 is 11.7 Å². The summed E-state index contributed by atoms with van der Waals surface area (Å²) in [5, 5.41) is 11.2. The van der Waals surface area contributed by atoms with Crippen LogP contribution < -0.4 is 4.90 Å². The fourth-order valence-electron chi connectivity index (χ4n) is 4.63. The molecule has 2 aliphatic rings. The molecule has 4 rings (SSSR count). The molecule has 2 saturated heterocycles. The lowest BCUT2D eigenvalue weighted by Crippen LogP contribution is -2.61. The largest absolute Gasteiger partial charge is 0.379 e. The topological polar surface area (TPSA) is 59.9 Å². The lowest BCUT2D eigenvalue weighted by molar-refractivity contribution is -0.159. The first-order valence-corrected chi connectivity index (χ1v) is 11.0. The van der Waals surface area contributed by atoms with Crippen LogP contribution in [-0.4, -0.2) is 77.2 Å². The van der Waals surface area contributed by atoms with E-state index in [1.165, 1.54) is 11.1 Å². The first kappa shape index (κ1) is 20.8. The summed E-state index contributed by atoms with van der Waals surface area (Å²) in [5.41, 5.74) is 1.14. The van der Waals surface area contributed by atoms with Gasteiger partial charge in [-0.3, -0.25) is 9.69 Å². The molecule has 0 bridgehead atoms. The number of carbonyl (C=O) groups is 1. The van der Waals surface area contributed by atoms with Crippen molar-refractivity contribution in [3.63, 3.8) is 0 Å². The Kier molecular flexibility index (Phi) is 6.35. The number of aromatic nitrogens is 1. The summed E-state index contributed by atoms with van der Waals surface area (Å²) < 4.78 is 0. The molecule has 2 aliphatic heterocycles. The average Bonchev–Trinajstić information content (AvgIpc) is 2.77. The molecule has 3 heterocycles. The summed E-state index contributed by atoms with van der Waals surface area (Å²) in [4.78, 5) is 24.0. The number of β-amino-alcohol motifs (C(OH)–C–C–N with tert-alkyl or cyclic N) is 1. The van der Waals surface area contributed by atoms with Crippen molar-refractivity contribution in [2.24, 2.45) is 0 Å². The summed E-state index contributed by atoms with van der Waals surface area (Å²) in [7, 11) is 0. The van der Waals surface area contributed by atoms with Gasteiger partial charge < -0.3 is 14.9 Å². The van der Waals surface area contributed by atoms with Crippen molar-refractivity contribution in [2.75, 3.05) is 50.7 Å². The lowest BCUT2D eigenvalue weighted by atomic mass is 9.90. The van der Waals surface area contributed by atoms with Gasteiger partial charge in [-0.15, -0.1) is 0 Å². The summed E-state index contributed by atoms with van der Waals surface area (Å²) >= 11 is 0. The Bertz CT molecular complexity index is 851. The van der Waals surface area contributed by atoms with Gasteiger partial charge >= 0.3 is 0 Å². The predicted molar refractivity (Wildman–Crippen MR) is 119 cm³/mol. The second-order valence-corrected chi connectivity index (χ2v) is 8.57. The zero-order valence-electron chi connectivity index (χ0n) is 17.8. The van der Waals surface area contributed by atoms with Crippen LogP contribution >= 0.6 is 0 Å². The van der Waals surface area contributed by atoms with Crippen LogP contribution in [0, 0.1) is 6.92 Å². The number of carbonyl (C=O) groups excluding carboxylic acids is 1. The normalized spacial score (nSPS) is 23.1. The number of benzene rings is 1. The Balaban J connectivity index is 1.32. The van der Waals surface area contributed by atoms with Gasteiger partial charge in [0.05, 0.1) is 0 Å². The van der Waals surface area contributed by atoms with E-state index < -0.39 is 5.60 Å². The van der Waals surface area contributed by atoms with Crippen LogP contribution in [0.2, 0.25) is 0 Å². The second kappa shape index (κ2) is 9.14. The maximum Gasteiger partial charge on any atom is 0.255 e. The molecule has 0 spiro atoms. The third-order valence-electron chi connectivity index (χ3n) is 6.36. The smallest absolute Gasteiger partial charge is 0.255 e. The van der Waals surface area contributed by atoms with Gasteiger partial charge in [-0.2, -0.15) is 0 Å². The van der Waals surface area contributed by atoms with Crippen LogP contribution in [0.25, 0.3) is 0 Å². The molecule has 6 heteroatoms. The van der Waals surface area contributed by atoms with Crippen molar-refractivity contribution in [1.82, 2.24) is 14.8 Å². The van der Waals surface area contributed by atoms with Crippen LogP contribution in [-0.2, 0) is 11.2 Å². The SMILES string of the molecule is Cc1cccnc1N1CCN(CC2(O)CCCN(CCc3ccccc3)C2=O)CC1. The number of aryl methyl sites for hydroxylation is 1. The van der Waals surface area contributed by atoms with Crippen LogP contribution in [0.3, 0.4) is 0 Å². The van der Waals surface area contributed by atoms with Gasteiger partial charge in [-0.1, -0.05) is 36.4 Å². The van der Waals surface area contributed by atoms with E-state index in [4.69, 9.17) is 0 Å². The molecule has 2 fully saturated rings. The van der Waals surface area contributed by atoms with Gasteiger partial charge in [0.25, 0.3) is 5.91 Å². The summed E-state index contributed by atoms with van der Waals surface area (Å²) in [6.07, 6.45) is 4.06. The fraction of sp³-hybridized carbons (Fsp3) is 0.500. The van der Waals surface area contributed by atoms with Gasteiger partial charge in [0.15, 0.2) is 5.60 Å². The van der Waals surface area contributed by atoms with Gasteiger partial charge in [0.2, 0.25) is 0 Å². The highest BCUT2D eigenvalue weighted by molar-refractivity contribution is 5.86. The molecular formula is C24H32N4O2. The van der Waals surface area contributed by atoms with E-state index in [2.05, 4.69) is 39.9 Å². The molecule has 1 aromatic heterocycles. The Morgan fingerprint density at radius 2 is 1.80 bits per heavy atom. The highest BCUT2D eigenvalue weighted by Crippen LogP contribution is 2.25. The Morgan fingerprint density at radius 1 is 1.03 bits per heavy atom. The molecule has 0 radical (unpaired) electrons. The molecule has 0 aliphatic carbocycles. The van der Waals surface area contributed by atoms with E-state index in [1.54, 1.807) is 0 Å². The number of amides is 1. The minimum atomic E-state index is -1.27. The number of piperidine rings is 1. The molecule has 1 aromatic carbocycles. The van der Waals surface area contributed by atoms with E-state index in [0.717, 1.165) is 51.4 Å². The van der Waals surface area contributed by atoms with Gasteiger partial charge in [-0.05, 0) is 43.4 Å². The molecule has 0 saturated carbocycles. The molecule has 1 amide bonds. The van der Waals surface area contributed by atoms with E-state index in [1.807, 2.05) is 35.4 Å². The zero-order valence-corrected chi connectivity index (χ0v) is 17.8. The van der Waals surface area contributed by atoms with Crippen molar-refractivity contribution in [3.8, 4) is 0 Å². The quantitative estimate of drug-likeness (QED) is 0.793. The first-order valence-electron chi connectivity index (χ1n) is 11.0. The molecule has 2 aromatic rings. The van der Waals surface area contributed by atoms with E-state index >= 15 is 0 Å². The van der Waals surface area contributed by atoms with Crippen LogP contribution in [0.5, 0.6) is 0 Å². The number of hydrogen-bond donors (Lipinski definition) is 1. The minimum absolute atomic E-state index is 0.104. The van der Waals surface area contributed by atoms with Gasteiger partial charge in [-0.25, -0.2) is 4.98 Å². The standard InChI is InChI=1S/C24H32N4O2/c1-20-7-5-12-25-22(20)27-17-15-26(16-18-27)19-24(30)11-6-13-28(23(24)29)14-10-21-8-3-2-4-9-21/h2-5,7-9,12,30H,6,10-11,13-19H2,1H3. The van der Waals surface area contributed by atoms with Crippen LogP contribution in [0.1, 0.15) is 24.0 Å². The van der Waals surface area contributed by atoms with Crippen molar-refractivity contribution in [1.29, 1.82) is 0 Å². The molecule has 160 valence electrons. The number of likely N-dealkylation sites (tertiary alicyclic amines) is 1. The number of hydrogen-bond acceptors (Lipinski definition) is 5. The maximum atomic E-state index is 13.1. The maximum absolute atomic E-state index is 13.1. The van der Waals surface area contributed by atoms with Crippen molar-refractivity contribution in [3.05, 3.63) is 59.8 Å². The lowest BCUT2D eigenvalue weighted by Gasteiger charge is -2.43. The number of rotatable bonds is 6. The third-order valence-corrected chi connectivity index (χ3v) is 6.36. The number of pyridine rings is 1. The number of aliphatic hydroxyl groups is 1. The zero-order chi connectivity index (χ0) is 21.0. The van der Waals surface area contributed by atoms with Gasteiger partial charge in [0, 0.05) is 52.0 Å². The first-order chi connectivity index (χ1) is 14.5. The summed E-state index contributed by atoms with van der Waals surface area (Å²) in [5.74, 6) is 0.935. The van der Waals surface area contributed by atoms with Crippen molar-refractivity contribution < 1.29 is 9.90 Å². The summed E-state index contributed by atoms with van der Waals surface area (Å²) in [6.45, 7) is 7.29. The molecule has 1 unspecified atom stereocenters. The summed E-state index contributed by atoms with van der Waals surface area (Å²) in [6, 6.07) is 14.3. The monoisotopic (exact) mass is 408 g/mol. The fourth-order valence-corrected chi connectivity index (χ4v) is 4.63. The molecular weight excluding hydrogens is 376 g/mol. The van der Waals surface area contributed by atoms with E-state index in [0.29, 0.717) is 19.5 Å². The molecule has 30 heavy (non-hydrogen) atoms. The third kappa shape index (κ3) is 4.65. The van der Waals surface area contributed by atoms with E-state index in [-0.39, 0.29) is 5.91 Å². The molecule has 1 atom stereocenters. The molecule has 1 N–H and O–H groups in total. The number of piperazine rings is 1. The van der Waals surface area contributed by atoms with E-state index in [9.17, 15) is 9.90 Å². The predicted octanol–water partition coefficient (Wildman–Crippen LogP) is 2.11. The van der Waals surface area contributed by atoms with Gasteiger partial charge in [0.1, 0.15) is 5.82 Å². The number of nitrogens with zero attached hydrogens (tertiary/aromatic N) is 4. The molecule has 6 nitrogen and oxygen atoms in total.